The molecule has 1 unspecified atom stereocenters. The summed E-state index contributed by atoms with van der Waals surface area (Å²) in [5.41, 5.74) is 4.81. The van der Waals surface area contributed by atoms with Crippen LogP contribution in [0.25, 0.3) is 0 Å². The van der Waals surface area contributed by atoms with E-state index in [1.807, 2.05) is 6.07 Å². The summed E-state index contributed by atoms with van der Waals surface area (Å²) in [6, 6.07) is 14.4. The summed E-state index contributed by atoms with van der Waals surface area (Å²) in [4.78, 5) is 44.2. The number of piperidine rings is 3. The molecule has 4 fully saturated rings. The minimum absolute atomic E-state index is 0.0110. The van der Waals surface area contributed by atoms with Crippen molar-refractivity contribution in [2.45, 2.75) is 69.4 Å². The lowest BCUT2D eigenvalue weighted by Gasteiger charge is -2.54. The predicted molar refractivity (Wildman–Crippen MR) is 158 cm³/mol. The Labute approximate surface area is 247 Å². The molecule has 8 nitrogen and oxygen atoms in total. The van der Waals surface area contributed by atoms with E-state index in [-0.39, 0.29) is 29.6 Å². The van der Waals surface area contributed by atoms with Crippen molar-refractivity contribution < 1.29 is 19.1 Å². The Kier molecular flexibility index (Phi) is 6.14. The van der Waals surface area contributed by atoms with Gasteiger partial charge in [-0.05, 0) is 99.2 Å². The number of ether oxygens (including phenoxy) is 1. The van der Waals surface area contributed by atoms with Crippen molar-refractivity contribution in [2.24, 2.45) is 11.3 Å². The molecule has 8 rings (SSSR count). The summed E-state index contributed by atoms with van der Waals surface area (Å²) in [6.07, 6.45) is 8.22. The lowest BCUT2D eigenvalue weighted by Crippen LogP contribution is -2.52. The minimum atomic E-state index is -0.586. The Hall–Kier alpha value is -3.39. The molecule has 220 valence electrons. The van der Waals surface area contributed by atoms with E-state index in [1.54, 1.807) is 4.90 Å². The number of hydrogen-bond acceptors (Lipinski definition) is 6. The average Bonchev–Trinajstić information content (AvgIpc) is 3.50. The van der Waals surface area contributed by atoms with E-state index in [4.69, 9.17) is 4.74 Å². The number of carbonyl (C=O) groups excluding carboxylic acids is 3. The van der Waals surface area contributed by atoms with Crippen LogP contribution >= 0.6 is 0 Å². The maximum absolute atomic E-state index is 13.3. The largest absolute Gasteiger partial charge is 0.492 e. The van der Waals surface area contributed by atoms with Crippen LogP contribution in [-0.2, 0) is 21.5 Å². The molecule has 5 heterocycles. The van der Waals surface area contributed by atoms with Crippen LogP contribution in [0.5, 0.6) is 5.75 Å². The average molecular weight is 569 g/mol. The highest BCUT2D eigenvalue weighted by molar-refractivity contribution is 6.05. The molecule has 3 saturated heterocycles. The van der Waals surface area contributed by atoms with E-state index >= 15 is 0 Å². The number of imide groups is 1. The summed E-state index contributed by atoms with van der Waals surface area (Å²) in [7, 11) is 0. The van der Waals surface area contributed by atoms with E-state index in [9.17, 15) is 14.4 Å². The highest BCUT2D eigenvalue weighted by Crippen LogP contribution is 2.54. The van der Waals surface area contributed by atoms with Gasteiger partial charge in [0.05, 0.1) is 6.61 Å². The van der Waals surface area contributed by atoms with Crippen LogP contribution in [0.15, 0.2) is 42.5 Å². The standard InChI is InChI=1S/C34H40N4O4/c39-30-7-6-28(31(40)35-30)38-21-24-16-27-29(17-26(24)32(38)41)42-22-34(27)10-12-36(13-11-34)20-23-18-33(19-23)8-14-37(15-9-33)25-4-2-1-3-5-25/h1-5,16-17,23,28H,6-15,18-22H2,(H,35,39,40). The molecule has 0 bridgehead atoms. The number of carbonyl (C=O) groups is 3. The monoisotopic (exact) mass is 568 g/mol. The molecular weight excluding hydrogens is 528 g/mol. The van der Waals surface area contributed by atoms with Crippen LogP contribution in [0.4, 0.5) is 5.69 Å². The lowest BCUT2D eigenvalue weighted by molar-refractivity contribution is -0.136. The van der Waals surface area contributed by atoms with Gasteiger partial charge in [0.1, 0.15) is 11.8 Å². The number of fused-ring (bicyclic) bond motifs is 3. The van der Waals surface area contributed by atoms with Crippen molar-refractivity contribution in [3.05, 3.63) is 59.2 Å². The maximum Gasteiger partial charge on any atom is 0.255 e. The van der Waals surface area contributed by atoms with Gasteiger partial charge in [0.25, 0.3) is 5.91 Å². The fourth-order valence-electron chi connectivity index (χ4n) is 8.95. The second kappa shape index (κ2) is 9.83. The Bertz CT molecular complexity index is 1420. The van der Waals surface area contributed by atoms with Gasteiger partial charge in [-0.15, -0.1) is 0 Å². The van der Waals surface area contributed by atoms with Gasteiger partial charge in [-0.3, -0.25) is 19.7 Å². The van der Waals surface area contributed by atoms with Gasteiger partial charge in [0, 0.05) is 54.8 Å². The van der Waals surface area contributed by atoms with Gasteiger partial charge in [0.2, 0.25) is 11.8 Å². The molecule has 1 saturated carbocycles. The summed E-state index contributed by atoms with van der Waals surface area (Å²) >= 11 is 0. The molecule has 6 aliphatic rings. The van der Waals surface area contributed by atoms with Crippen LogP contribution in [0, 0.1) is 11.3 Å². The SMILES string of the molecule is O=C1CCC(N2Cc3cc4c(cc3C2=O)OCC42CCN(CC3CC4(CCN(c5ccccc5)CC4)C3)CC2)C(=O)N1. The van der Waals surface area contributed by atoms with Crippen LogP contribution in [0.2, 0.25) is 0 Å². The van der Waals surface area contributed by atoms with Crippen molar-refractivity contribution in [3.63, 3.8) is 0 Å². The minimum Gasteiger partial charge on any atom is -0.492 e. The van der Waals surface area contributed by atoms with Gasteiger partial charge in [0.15, 0.2) is 0 Å². The van der Waals surface area contributed by atoms with Crippen LogP contribution in [0.1, 0.15) is 72.9 Å². The van der Waals surface area contributed by atoms with Gasteiger partial charge < -0.3 is 19.4 Å². The van der Waals surface area contributed by atoms with Gasteiger partial charge >= 0.3 is 0 Å². The fourth-order valence-corrected chi connectivity index (χ4v) is 8.95. The maximum atomic E-state index is 13.3. The zero-order valence-corrected chi connectivity index (χ0v) is 24.3. The predicted octanol–water partition coefficient (Wildman–Crippen LogP) is 3.87. The van der Waals surface area contributed by atoms with Gasteiger partial charge in [-0.1, -0.05) is 18.2 Å². The number of amides is 3. The Morgan fingerprint density at radius 3 is 2.43 bits per heavy atom. The Morgan fingerprint density at radius 2 is 1.69 bits per heavy atom. The first-order chi connectivity index (χ1) is 20.4. The smallest absolute Gasteiger partial charge is 0.255 e. The first kappa shape index (κ1) is 26.3. The second-order valence-corrected chi connectivity index (χ2v) is 13.9. The molecule has 3 amide bonds. The molecule has 1 atom stereocenters. The molecule has 0 radical (unpaired) electrons. The molecular formula is C34H40N4O4. The molecule has 1 aliphatic carbocycles. The molecule has 2 aromatic carbocycles. The third-order valence-electron chi connectivity index (χ3n) is 11.4. The molecule has 2 aromatic rings. The van der Waals surface area contributed by atoms with Crippen molar-refractivity contribution in [2.75, 3.05) is 44.2 Å². The van der Waals surface area contributed by atoms with Crippen molar-refractivity contribution >= 4 is 23.4 Å². The highest BCUT2D eigenvalue weighted by atomic mass is 16.5. The fraction of sp³-hybridized carbons (Fsp3) is 0.559. The number of nitrogens with one attached hydrogen (secondary N) is 1. The first-order valence-corrected chi connectivity index (χ1v) is 15.9. The summed E-state index contributed by atoms with van der Waals surface area (Å²) in [6.45, 7) is 6.87. The number of anilines is 1. The van der Waals surface area contributed by atoms with Crippen LogP contribution in [-0.4, -0.2) is 72.9 Å². The molecule has 0 aromatic heterocycles. The van der Waals surface area contributed by atoms with E-state index in [0.717, 1.165) is 43.2 Å². The van der Waals surface area contributed by atoms with Crippen molar-refractivity contribution in [1.29, 1.82) is 0 Å². The third-order valence-corrected chi connectivity index (χ3v) is 11.4. The molecule has 42 heavy (non-hydrogen) atoms. The van der Waals surface area contributed by atoms with E-state index in [0.29, 0.717) is 30.6 Å². The van der Waals surface area contributed by atoms with Crippen molar-refractivity contribution in [3.8, 4) is 5.75 Å². The normalized spacial score (nSPS) is 26.7. The zero-order valence-electron chi connectivity index (χ0n) is 24.3. The second-order valence-electron chi connectivity index (χ2n) is 13.9. The first-order valence-electron chi connectivity index (χ1n) is 15.9. The van der Waals surface area contributed by atoms with E-state index < -0.39 is 6.04 Å². The quantitative estimate of drug-likeness (QED) is 0.564. The molecule has 8 heteroatoms. The number of benzene rings is 2. The number of hydrogen-bond donors (Lipinski definition) is 1. The summed E-state index contributed by atoms with van der Waals surface area (Å²) < 4.78 is 6.23. The summed E-state index contributed by atoms with van der Waals surface area (Å²) in [5, 5.41) is 2.39. The molecule has 5 aliphatic heterocycles. The van der Waals surface area contributed by atoms with E-state index in [1.165, 1.54) is 56.6 Å². The van der Waals surface area contributed by atoms with Crippen LogP contribution in [0.3, 0.4) is 0 Å². The third kappa shape index (κ3) is 4.32. The van der Waals surface area contributed by atoms with Gasteiger partial charge in [-0.25, -0.2) is 0 Å². The Morgan fingerprint density at radius 1 is 0.929 bits per heavy atom. The number of rotatable bonds is 4. The number of para-hydroxylation sites is 1. The lowest BCUT2D eigenvalue weighted by atomic mass is 9.57. The zero-order chi connectivity index (χ0) is 28.5. The Balaban J connectivity index is 0.867. The van der Waals surface area contributed by atoms with E-state index in [2.05, 4.69) is 51.5 Å². The molecule has 2 spiro atoms. The molecule has 1 N–H and O–H groups in total. The van der Waals surface area contributed by atoms with Crippen LogP contribution < -0.4 is 15.0 Å². The highest BCUT2D eigenvalue weighted by Gasteiger charge is 2.49. The summed E-state index contributed by atoms with van der Waals surface area (Å²) in [5.74, 6) is 0.897. The van der Waals surface area contributed by atoms with Gasteiger partial charge in [-0.2, -0.15) is 0 Å². The topological polar surface area (TPSA) is 82.2 Å². The van der Waals surface area contributed by atoms with Crippen molar-refractivity contribution in [1.82, 2.24) is 15.1 Å². The number of likely N-dealkylation sites (tertiary alicyclic amines) is 1. The number of nitrogens with zero attached hydrogens (tertiary/aromatic N) is 3.